The van der Waals surface area contributed by atoms with Crippen LogP contribution in [0.25, 0.3) is 0 Å². The predicted octanol–water partition coefficient (Wildman–Crippen LogP) is 2.19. The van der Waals surface area contributed by atoms with Crippen molar-refractivity contribution < 1.29 is 14.3 Å². The van der Waals surface area contributed by atoms with Crippen molar-refractivity contribution in [3.63, 3.8) is 0 Å². The predicted molar refractivity (Wildman–Crippen MR) is 84.2 cm³/mol. The molecule has 0 aliphatic carbocycles. The van der Waals surface area contributed by atoms with Gasteiger partial charge < -0.3 is 20.1 Å². The van der Waals surface area contributed by atoms with E-state index in [4.69, 9.17) is 9.47 Å². The third kappa shape index (κ3) is 3.77. The van der Waals surface area contributed by atoms with E-state index in [0.29, 0.717) is 17.2 Å². The van der Waals surface area contributed by atoms with Crippen molar-refractivity contribution in [1.29, 1.82) is 0 Å². The van der Waals surface area contributed by atoms with Crippen molar-refractivity contribution in [3.8, 4) is 11.5 Å². The van der Waals surface area contributed by atoms with E-state index in [1.54, 1.807) is 18.2 Å². The Bertz CT molecular complexity index is 644. The molecule has 1 aliphatic rings. The molecule has 2 aromatic rings. The van der Waals surface area contributed by atoms with Crippen LogP contribution in [0.3, 0.4) is 0 Å². The summed E-state index contributed by atoms with van der Waals surface area (Å²) >= 11 is 0. The van der Waals surface area contributed by atoms with Gasteiger partial charge in [0.05, 0.1) is 6.54 Å². The van der Waals surface area contributed by atoms with Crippen LogP contribution in [0.15, 0.2) is 48.5 Å². The first-order valence-corrected chi connectivity index (χ1v) is 7.25. The van der Waals surface area contributed by atoms with E-state index in [-0.39, 0.29) is 19.2 Å². The fourth-order valence-electron chi connectivity index (χ4n) is 2.26. The van der Waals surface area contributed by atoms with E-state index in [0.717, 1.165) is 13.0 Å². The number of rotatable bonds is 6. The topological polar surface area (TPSA) is 59.6 Å². The molecular formula is C17H18N2O3. The second-order valence-electron chi connectivity index (χ2n) is 5.03. The van der Waals surface area contributed by atoms with Crippen molar-refractivity contribution in [1.82, 2.24) is 5.32 Å². The van der Waals surface area contributed by atoms with Crippen LogP contribution in [-0.4, -0.2) is 25.8 Å². The van der Waals surface area contributed by atoms with Gasteiger partial charge in [0.15, 0.2) is 11.5 Å². The number of amides is 1. The number of benzene rings is 2. The van der Waals surface area contributed by atoms with Crippen LogP contribution in [0.4, 0.5) is 5.69 Å². The van der Waals surface area contributed by atoms with Gasteiger partial charge in [0, 0.05) is 11.8 Å². The highest BCUT2D eigenvalue weighted by Crippen LogP contribution is 2.34. The molecule has 0 spiro atoms. The molecule has 0 atom stereocenters. The molecule has 3 rings (SSSR count). The van der Waals surface area contributed by atoms with Gasteiger partial charge in [-0.15, -0.1) is 0 Å². The SMILES string of the molecule is O=C(CNCCc1ccccc1)Nc1ccc2c(c1)OCO2. The van der Waals surface area contributed by atoms with Gasteiger partial charge in [0.25, 0.3) is 0 Å². The number of nitrogens with one attached hydrogen (secondary N) is 2. The lowest BCUT2D eigenvalue weighted by Gasteiger charge is -2.07. The summed E-state index contributed by atoms with van der Waals surface area (Å²) in [7, 11) is 0. The summed E-state index contributed by atoms with van der Waals surface area (Å²) in [6.07, 6.45) is 0.901. The molecule has 5 nitrogen and oxygen atoms in total. The number of fused-ring (bicyclic) bond motifs is 1. The van der Waals surface area contributed by atoms with Crippen LogP contribution >= 0.6 is 0 Å². The molecule has 5 heteroatoms. The zero-order valence-electron chi connectivity index (χ0n) is 12.2. The third-order valence-corrected chi connectivity index (χ3v) is 3.38. The largest absolute Gasteiger partial charge is 0.454 e. The maximum absolute atomic E-state index is 11.9. The Morgan fingerprint density at radius 2 is 1.86 bits per heavy atom. The van der Waals surface area contributed by atoms with Crippen LogP contribution in [0, 0.1) is 0 Å². The van der Waals surface area contributed by atoms with Crippen molar-refractivity contribution in [3.05, 3.63) is 54.1 Å². The Morgan fingerprint density at radius 1 is 1.05 bits per heavy atom. The quantitative estimate of drug-likeness (QED) is 0.803. The van der Waals surface area contributed by atoms with E-state index in [2.05, 4.69) is 22.8 Å². The Kier molecular flexibility index (Phi) is 4.56. The van der Waals surface area contributed by atoms with Gasteiger partial charge in [-0.1, -0.05) is 30.3 Å². The molecule has 0 radical (unpaired) electrons. The van der Waals surface area contributed by atoms with Gasteiger partial charge in [-0.05, 0) is 30.7 Å². The number of carbonyl (C=O) groups is 1. The normalized spacial score (nSPS) is 12.2. The highest BCUT2D eigenvalue weighted by molar-refractivity contribution is 5.92. The summed E-state index contributed by atoms with van der Waals surface area (Å²) in [6, 6.07) is 15.5. The summed E-state index contributed by atoms with van der Waals surface area (Å²) in [6.45, 7) is 1.27. The Labute approximate surface area is 129 Å². The molecule has 1 aliphatic heterocycles. The molecule has 0 saturated heterocycles. The number of hydrogen-bond donors (Lipinski definition) is 2. The number of ether oxygens (including phenoxy) is 2. The average molecular weight is 298 g/mol. The second kappa shape index (κ2) is 6.95. The van der Waals surface area contributed by atoms with Crippen molar-refractivity contribution in [2.75, 3.05) is 25.2 Å². The van der Waals surface area contributed by atoms with Crippen LogP contribution < -0.4 is 20.1 Å². The van der Waals surface area contributed by atoms with Crippen molar-refractivity contribution >= 4 is 11.6 Å². The number of carbonyl (C=O) groups excluding carboxylic acids is 1. The number of hydrogen-bond acceptors (Lipinski definition) is 4. The number of anilines is 1. The van der Waals surface area contributed by atoms with Gasteiger partial charge in [0.1, 0.15) is 0 Å². The Hall–Kier alpha value is -2.53. The maximum atomic E-state index is 11.9. The summed E-state index contributed by atoms with van der Waals surface area (Å²) in [4.78, 5) is 11.9. The van der Waals surface area contributed by atoms with Gasteiger partial charge in [-0.3, -0.25) is 4.79 Å². The summed E-state index contributed by atoms with van der Waals surface area (Å²) in [5.41, 5.74) is 1.96. The van der Waals surface area contributed by atoms with Gasteiger partial charge in [0.2, 0.25) is 12.7 Å². The molecule has 0 bridgehead atoms. The molecule has 0 fully saturated rings. The molecule has 1 heterocycles. The Morgan fingerprint density at radius 3 is 2.73 bits per heavy atom. The van der Waals surface area contributed by atoms with E-state index < -0.39 is 0 Å². The van der Waals surface area contributed by atoms with Crippen LogP contribution in [0.5, 0.6) is 11.5 Å². The first-order valence-electron chi connectivity index (χ1n) is 7.25. The van der Waals surface area contributed by atoms with Gasteiger partial charge in [-0.25, -0.2) is 0 Å². The average Bonchev–Trinajstić information content (AvgIpc) is 3.00. The lowest BCUT2D eigenvalue weighted by Crippen LogP contribution is -2.29. The minimum absolute atomic E-state index is 0.0769. The van der Waals surface area contributed by atoms with Gasteiger partial charge in [-0.2, -0.15) is 0 Å². The molecule has 22 heavy (non-hydrogen) atoms. The highest BCUT2D eigenvalue weighted by Gasteiger charge is 2.13. The lowest BCUT2D eigenvalue weighted by molar-refractivity contribution is -0.115. The van der Waals surface area contributed by atoms with E-state index in [1.807, 2.05) is 18.2 Å². The van der Waals surface area contributed by atoms with E-state index in [1.165, 1.54) is 5.56 Å². The fourth-order valence-corrected chi connectivity index (χ4v) is 2.26. The monoisotopic (exact) mass is 298 g/mol. The highest BCUT2D eigenvalue weighted by atomic mass is 16.7. The maximum Gasteiger partial charge on any atom is 0.238 e. The fraction of sp³-hybridized carbons (Fsp3) is 0.235. The van der Waals surface area contributed by atoms with Crippen molar-refractivity contribution in [2.24, 2.45) is 0 Å². The summed E-state index contributed by atoms with van der Waals surface area (Å²) in [5, 5.41) is 5.97. The molecule has 2 N–H and O–H groups in total. The standard InChI is InChI=1S/C17H18N2O3/c20-17(11-18-9-8-13-4-2-1-3-5-13)19-14-6-7-15-16(10-14)22-12-21-15/h1-7,10,18H,8-9,11-12H2,(H,19,20). The molecule has 114 valence electrons. The van der Waals surface area contributed by atoms with E-state index in [9.17, 15) is 4.79 Å². The minimum atomic E-state index is -0.0769. The second-order valence-corrected chi connectivity index (χ2v) is 5.03. The van der Waals surface area contributed by atoms with Crippen LogP contribution in [-0.2, 0) is 11.2 Å². The Balaban J connectivity index is 1.41. The zero-order valence-corrected chi connectivity index (χ0v) is 12.2. The summed E-state index contributed by atoms with van der Waals surface area (Å²) in [5.74, 6) is 1.29. The smallest absolute Gasteiger partial charge is 0.238 e. The first-order chi connectivity index (χ1) is 10.8. The van der Waals surface area contributed by atoms with Crippen LogP contribution in [0.2, 0.25) is 0 Å². The molecule has 0 saturated carbocycles. The lowest BCUT2D eigenvalue weighted by atomic mass is 10.1. The summed E-state index contributed by atoms with van der Waals surface area (Å²) < 4.78 is 10.5. The van der Waals surface area contributed by atoms with Gasteiger partial charge >= 0.3 is 0 Å². The molecule has 0 unspecified atom stereocenters. The van der Waals surface area contributed by atoms with Crippen molar-refractivity contribution in [2.45, 2.75) is 6.42 Å². The molecular weight excluding hydrogens is 280 g/mol. The zero-order chi connectivity index (χ0) is 15.2. The molecule has 2 aromatic carbocycles. The minimum Gasteiger partial charge on any atom is -0.454 e. The first kappa shape index (κ1) is 14.4. The molecule has 1 amide bonds. The molecule has 0 aromatic heterocycles. The van der Waals surface area contributed by atoms with Crippen LogP contribution in [0.1, 0.15) is 5.56 Å². The van der Waals surface area contributed by atoms with E-state index >= 15 is 0 Å². The third-order valence-electron chi connectivity index (χ3n) is 3.38.